The Morgan fingerprint density at radius 1 is 1.24 bits per heavy atom. The van der Waals surface area contributed by atoms with Gasteiger partial charge in [0.05, 0.1) is 6.04 Å². The van der Waals surface area contributed by atoms with E-state index >= 15 is 0 Å². The first-order chi connectivity index (χ1) is 7.90. The summed E-state index contributed by atoms with van der Waals surface area (Å²) >= 11 is 0. The number of ether oxygens (including phenoxy) is 1. The largest absolute Gasteiger partial charge is 0.385 e. The Balaban J connectivity index is 4.03. The lowest BCUT2D eigenvalue weighted by atomic mass is 9.85. The van der Waals surface area contributed by atoms with Crippen LogP contribution in [0.25, 0.3) is 0 Å². The second-order valence-electron chi connectivity index (χ2n) is 5.29. The normalized spacial score (nSPS) is 13.5. The van der Waals surface area contributed by atoms with Gasteiger partial charge < -0.3 is 15.8 Å². The molecule has 1 unspecified atom stereocenters. The Bertz CT molecular complexity index is 209. The van der Waals surface area contributed by atoms with Crippen LogP contribution in [0.2, 0.25) is 0 Å². The van der Waals surface area contributed by atoms with Crippen LogP contribution < -0.4 is 11.1 Å². The van der Waals surface area contributed by atoms with Crippen LogP contribution in [-0.4, -0.2) is 32.2 Å². The van der Waals surface area contributed by atoms with Crippen LogP contribution in [0.5, 0.6) is 0 Å². The van der Waals surface area contributed by atoms with Crippen molar-refractivity contribution in [2.75, 3.05) is 20.3 Å². The molecule has 4 heteroatoms. The van der Waals surface area contributed by atoms with Crippen molar-refractivity contribution in [3.05, 3.63) is 0 Å². The van der Waals surface area contributed by atoms with Crippen LogP contribution in [0.15, 0.2) is 0 Å². The maximum Gasteiger partial charge on any atom is 0.237 e. The second kappa shape index (κ2) is 8.48. The van der Waals surface area contributed by atoms with Gasteiger partial charge in [0.25, 0.3) is 0 Å². The number of hydrogen-bond donors (Lipinski definition) is 2. The fourth-order valence-corrected chi connectivity index (χ4v) is 1.97. The molecular weight excluding hydrogens is 216 g/mol. The van der Waals surface area contributed by atoms with Gasteiger partial charge in [0.1, 0.15) is 0 Å². The molecule has 0 aliphatic carbocycles. The highest BCUT2D eigenvalue weighted by Gasteiger charge is 2.20. The molecule has 1 atom stereocenters. The molecule has 3 N–H and O–H groups in total. The SMILES string of the molecule is COCCC(N)C(=O)NCC(C(C)C)C(C)C. The topological polar surface area (TPSA) is 64.3 Å². The first-order valence-electron chi connectivity index (χ1n) is 6.42. The fourth-order valence-electron chi connectivity index (χ4n) is 1.97. The summed E-state index contributed by atoms with van der Waals surface area (Å²) in [7, 11) is 1.61. The number of amides is 1. The molecule has 0 spiro atoms. The van der Waals surface area contributed by atoms with E-state index in [2.05, 4.69) is 33.0 Å². The van der Waals surface area contributed by atoms with Crippen LogP contribution in [0, 0.1) is 17.8 Å². The highest BCUT2D eigenvalue weighted by molar-refractivity contribution is 5.81. The number of hydrogen-bond acceptors (Lipinski definition) is 3. The molecule has 0 saturated carbocycles. The van der Waals surface area contributed by atoms with Crippen molar-refractivity contribution in [1.82, 2.24) is 5.32 Å². The molecule has 102 valence electrons. The van der Waals surface area contributed by atoms with Crippen molar-refractivity contribution in [3.63, 3.8) is 0 Å². The molecule has 0 aliphatic heterocycles. The minimum absolute atomic E-state index is 0.0756. The lowest BCUT2D eigenvalue weighted by Gasteiger charge is -2.25. The smallest absolute Gasteiger partial charge is 0.237 e. The second-order valence-corrected chi connectivity index (χ2v) is 5.29. The van der Waals surface area contributed by atoms with Gasteiger partial charge >= 0.3 is 0 Å². The van der Waals surface area contributed by atoms with E-state index in [1.807, 2.05) is 0 Å². The predicted molar refractivity (Wildman–Crippen MR) is 70.6 cm³/mol. The maximum absolute atomic E-state index is 11.7. The molecule has 0 bridgehead atoms. The lowest BCUT2D eigenvalue weighted by molar-refractivity contribution is -0.123. The highest BCUT2D eigenvalue weighted by atomic mass is 16.5. The van der Waals surface area contributed by atoms with E-state index in [1.165, 1.54) is 0 Å². The van der Waals surface area contributed by atoms with Gasteiger partial charge in [-0.3, -0.25) is 4.79 Å². The van der Waals surface area contributed by atoms with Crippen molar-refractivity contribution < 1.29 is 9.53 Å². The molecule has 0 saturated heterocycles. The van der Waals surface area contributed by atoms with Gasteiger partial charge in [-0.25, -0.2) is 0 Å². The first-order valence-corrected chi connectivity index (χ1v) is 6.42. The summed E-state index contributed by atoms with van der Waals surface area (Å²) in [6, 6.07) is -0.463. The van der Waals surface area contributed by atoms with Gasteiger partial charge in [-0.15, -0.1) is 0 Å². The third-order valence-corrected chi connectivity index (χ3v) is 3.19. The Morgan fingerprint density at radius 2 is 1.76 bits per heavy atom. The predicted octanol–water partition coefficient (Wildman–Crippen LogP) is 1.39. The third-order valence-electron chi connectivity index (χ3n) is 3.19. The number of carbonyl (C=O) groups excluding carboxylic acids is 1. The number of carbonyl (C=O) groups is 1. The average Bonchev–Trinajstić information content (AvgIpc) is 2.24. The van der Waals surface area contributed by atoms with E-state index < -0.39 is 6.04 Å². The molecular formula is C13H28N2O2. The van der Waals surface area contributed by atoms with Crippen molar-refractivity contribution >= 4 is 5.91 Å². The van der Waals surface area contributed by atoms with Gasteiger partial charge in [-0.2, -0.15) is 0 Å². The van der Waals surface area contributed by atoms with Crippen molar-refractivity contribution in [3.8, 4) is 0 Å². The summed E-state index contributed by atoms with van der Waals surface area (Å²) in [5, 5.41) is 2.93. The van der Waals surface area contributed by atoms with Gasteiger partial charge in [0, 0.05) is 20.3 Å². The van der Waals surface area contributed by atoms with E-state index in [0.717, 1.165) is 0 Å². The zero-order valence-corrected chi connectivity index (χ0v) is 11.8. The van der Waals surface area contributed by atoms with Gasteiger partial charge in [-0.1, -0.05) is 27.7 Å². The molecule has 0 radical (unpaired) electrons. The van der Waals surface area contributed by atoms with E-state index in [4.69, 9.17) is 10.5 Å². The molecule has 17 heavy (non-hydrogen) atoms. The maximum atomic E-state index is 11.7. The molecule has 0 heterocycles. The monoisotopic (exact) mass is 244 g/mol. The minimum Gasteiger partial charge on any atom is -0.385 e. The van der Waals surface area contributed by atoms with Crippen molar-refractivity contribution in [2.24, 2.45) is 23.5 Å². The van der Waals surface area contributed by atoms with Crippen LogP contribution in [0.3, 0.4) is 0 Å². The lowest BCUT2D eigenvalue weighted by Crippen LogP contribution is -2.44. The van der Waals surface area contributed by atoms with Gasteiger partial charge in [-0.05, 0) is 24.2 Å². The Kier molecular flexibility index (Phi) is 8.17. The summed E-state index contributed by atoms with van der Waals surface area (Å²) in [6.07, 6.45) is 0.566. The number of nitrogens with two attached hydrogens (primary N) is 1. The first kappa shape index (κ1) is 16.4. The van der Waals surface area contributed by atoms with Crippen molar-refractivity contribution in [2.45, 2.75) is 40.2 Å². The molecule has 0 aromatic rings. The average molecular weight is 244 g/mol. The molecule has 0 aliphatic rings. The number of nitrogens with one attached hydrogen (secondary N) is 1. The molecule has 0 aromatic carbocycles. The summed E-state index contributed by atoms with van der Waals surface area (Å²) < 4.78 is 4.90. The zero-order chi connectivity index (χ0) is 13.4. The third kappa shape index (κ3) is 6.64. The van der Waals surface area contributed by atoms with Gasteiger partial charge in [0.15, 0.2) is 0 Å². The summed E-state index contributed by atoms with van der Waals surface area (Å²) in [4.78, 5) is 11.7. The Morgan fingerprint density at radius 3 is 2.18 bits per heavy atom. The van der Waals surface area contributed by atoms with E-state index in [1.54, 1.807) is 7.11 Å². The molecule has 0 rings (SSSR count). The quantitative estimate of drug-likeness (QED) is 0.678. The standard InChI is InChI=1S/C13H28N2O2/c1-9(2)11(10(3)4)8-15-13(16)12(14)6-7-17-5/h9-12H,6-8,14H2,1-5H3,(H,15,16). The highest BCUT2D eigenvalue weighted by Crippen LogP contribution is 2.19. The molecule has 0 aromatic heterocycles. The molecule has 1 amide bonds. The zero-order valence-electron chi connectivity index (χ0n) is 11.8. The molecule has 4 nitrogen and oxygen atoms in total. The number of methoxy groups -OCH3 is 1. The van der Waals surface area contributed by atoms with Crippen molar-refractivity contribution in [1.29, 1.82) is 0 Å². The Labute approximate surface area is 105 Å². The van der Waals surface area contributed by atoms with Gasteiger partial charge in [0.2, 0.25) is 5.91 Å². The minimum atomic E-state index is -0.463. The number of rotatable bonds is 8. The fraction of sp³-hybridized carbons (Fsp3) is 0.923. The summed E-state index contributed by atoms with van der Waals surface area (Å²) in [6.45, 7) is 9.95. The van der Waals surface area contributed by atoms with E-state index in [0.29, 0.717) is 37.3 Å². The van der Waals surface area contributed by atoms with E-state index in [-0.39, 0.29) is 5.91 Å². The Hall–Kier alpha value is -0.610. The van der Waals surface area contributed by atoms with Crippen LogP contribution in [-0.2, 0) is 9.53 Å². The van der Waals surface area contributed by atoms with Crippen LogP contribution in [0.4, 0.5) is 0 Å². The summed E-state index contributed by atoms with van der Waals surface area (Å²) in [5.41, 5.74) is 5.75. The molecule has 0 fully saturated rings. The van der Waals surface area contributed by atoms with Crippen LogP contribution in [0.1, 0.15) is 34.1 Å². The summed E-state index contributed by atoms with van der Waals surface area (Å²) in [5.74, 6) is 1.54. The van der Waals surface area contributed by atoms with E-state index in [9.17, 15) is 4.79 Å². The van der Waals surface area contributed by atoms with Crippen LogP contribution >= 0.6 is 0 Å².